The molecular formula is C14H19N3OS. The molecule has 4 nitrogen and oxygen atoms in total. The molecule has 0 spiro atoms. The van der Waals surface area contributed by atoms with Gasteiger partial charge in [0.05, 0.1) is 17.8 Å². The molecule has 0 aliphatic heterocycles. The van der Waals surface area contributed by atoms with Crippen molar-refractivity contribution in [1.82, 2.24) is 9.97 Å². The van der Waals surface area contributed by atoms with Gasteiger partial charge in [0, 0.05) is 30.1 Å². The zero-order valence-corrected chi connectivity index (χ0v) is 12.3. The van der Waals surface area contributed by atoms with Crippen molar-refractivity contribution >= 4 is 11.3 Å². The lowest BCUT2D eigenvalue weighted by Gasteiger charge is -2.02. The first-order chi connectivity index (χ1) is 9.13. The normalized spacial score (nSPS) is 11.0. The third-order valence-electron chi connectivity index (χ3n) is 2.87. The van der Waals surface area contributed by atoms with Crippen LogP contribution >= 0.6 is 11.3 Å². The van der Waals surface area contributed by atoms with Gasteiger partial charge in [-0.3, -0.25) is 0 Å². The maximum absolute atomic E-state index is 5.77. The van der Waals surface area contributed by atoms with E-state index in [1.165, 1.54) is 4.88 Å². The molecule has 2 rings (SSSR count). The average molecular weight is 277 g/mol. The average Bonchev–Trinajstić information content (AvgIpc) is 2.83. The summed E-state index contributed by atoms with van der Waals surface area (Å²) in [6.45, 7) is 4.85. The van der Waals surface area contributed by atoms with E-state index >= 15 is 0 Å². The highest BCUT2D eigenvalue weighted by molar-refractivity contribution is 7.11. The highest BCUT2D eigenvalue weighted by Crippen LogP contribution is 2.26. The predicted octanol–water partition coefficient (Wildman–Crippen LogP) is 2.72. The maximum atomic E-state index is 5.77. The zero-order valence-electron chi connectivity index (χ0n) is 11.5. The Kier molecular flexibility index (Phi) is 4.50. The van der Waals surface area contributed by atoms with Crippen molar-refractivity contribution in [3.8, 4) is 5.88 Å². The molecule has 102 valence electrons. The van der Waals surface area contributed by atoms with Gasteiger partial charge < -0.3 is 10.5 Å². The van der Waals surface area contributed by atoms with Gasteiger partial charge in [-0.1, -0.05) is 19.9 Å². The van der Waals surface area contributed by atoms with Gasteiger partial charge in [0.25, 0.3) is 0 Å². The summed E-state index contributed by atoms with van der Waals surface area (Å²) < 4.78 is 5.05. The number of thiazole rings is 1. The second kappa shape index (κ2) is 6.12. The van der Waals surface area contributed by atoms with Crippen LogP contribution in [0.3, 0.4) is 0 Å². The Morgan fingerprint density at radius 3 is 2.63 bits per heavy atom. The minimum absolute atomic E-state index is 0.414. The predicted molar refractivity (Wildman–Crippen MR) is 77.7 cm³/mol. The number of nitrogens with zero attached hydrogens (tertiary/aromatic N) is 2. The monoisotopic (exact) mass is 277 g/mol. The number of hydrogen-bond donors (Lipinski definition) is 1. The van der Waals surface area contributed by atoms with Crippen LogP contribution in [0, 0.1) is 0 Å². The summed E-state index contributed by atoms with van der Waals surface area (Å²) in [5.74, 6) is 1.05. The summed E-state index contributed by atoms with van der Waals surface area (Å²) >= 11 is 1.70. The van der Waals surface area contributed by atoms with Crippen LogP contribution in [0.1, 0.15) is 40.9 Å². The molecule has 2 aromatic heterocycles. The molecule has 5 heteroatoms. The molecule has 2 heterocycles. The van der Waals surface area contributed by atoms with Crippen LogP contribution < -0.4 is 10.5 Å². The van der Waals surface area contributed by atoms with Crippen LogP contribution in [-0.4, -0.2) is 17.1 Å². The van der Waals surface area contributed by atoms with E-state index in [4.69, 9.17) is 15.5 Å². The smallest absolute Gasteiger partial charge is 0.212 e. The van der Waals surface area contributed by atoms with Crippen molar-refractivity contribution in [3.63, 3.8) is 0 Å². The molecule has 0 saturated heterocycles. The van der Waals surface area contributed by atoms with Gasteiger partial charge in [0.1, 0.15) is 0 Å². The van der Waals surface area contributed by atoms with Crippen LogP contribution in [0.5, 0.6) is 5.88 Å². The first-order valence-electron chi connectivity index (χ1n) is 6.31. The highest BCUT2D eigenvalue weighted by atomic mass is 32.1. The third-order valence-corrected chi connectivity index (χ3v) is 3.96. The second-order valence-electron chi connectivity index (χ2n) is 4.66. The molecule has 19 heavy (non-hydrogen) atoms. The fourth-order valence-corrected chi connectivity index (χ4v) is 3.03. The van der Waals surface area contributed by atoms with Crippen LogP contribution in [0.4, 0.5) is 0 Å². The van der Waals surface area contributed by atoms with Gasteiger partial charge in [-0.15, -0.1) is 11.3 Å². The van der Waals surface area contributed by atoms with E-state index in [2.05, 4.69) is 18.8 Å². The van der Waals surface area contributed by atoms with Crippen molar-refractivity contribution in [2.24, 2.45) is 5.73 Å². The minimum Gasteiger partial charge on any atom is -0.481 e. The van der Waals surface area contributed by atoms with Gasteiger partial charge in [0.15, 0.2) is 0 Å². The molecule has 0 bridgehead atoms. The Hall–Kier alpha value is -1.46. The molecule has 0 fully saturated rings. The molecule has 0 aliphatic rings. The van der Waals surface area contributed by atoms with E-state index in [-0.39, 0.29) is 0 Å². The lowest BCUT2D eigenvalue weighted by molar-refractivity contribution is 0.397. The Balaban J connectivity index is 2.18. The largest absolute Gasteiger partial charge is 0.481 e. The lowest BCUT2D eigenvalue weighted by atomic mass is 10.1. The van der Waals surface area contributed by atoms with Crippen molar-refractivity contribution in [2.45, 2.75) is 32.7 Å². The van der Waals surface area contributed by atoms with Crippen LogP contribution in [0.2, 0.25) is 0 Å². The molecule has 0 radical (unpaired) electrons. The number of ether oxygens (including phenoxy) is 1. The molecule has 2 N–H and O–H groups in total. The second-order valence-corrected chi connectivity index (χ2v) is 5.83. The van der Waals surface area contributed by atoms with Crippen molar-refractivity contribution < 1.29 is 4.74 Å². The van der Waals surface area contributed by atoms with Gasteiger partial charge >= 0.3 is 0 Å². The quantitative estimate of drug-likeness (QED) is 0.913. The van der Waals surface area contributed by atoms with Crippen molar-refractivity contribution in [3.05, 3.63) is 39.5 Å². The Morgan fingerprint density at radius 1 is 1.37 bits per heavy atom. The van der Waals surface area contributed by atoms with E-state index < -0.39 is 0 Å². The van der Waals surface area contributed by atoms with Crippen LogP contribution in [0.25, 0.3) is 0 Å². The van der Waals surface area contributed by atoms with Crippen molar-refractivity contribution in [1.29, 1.82) is 0 Å². The lowest BCUT2D eigenvalue weighted by Crippen LogP contribution is -1.99. The number of hydrogen-bond acceptors (Lipinski definition) is 5. The summed E-state index contributed by atoms with van der Waals surface area (Å²) in [7, 11) is 1.62. The summed E-state index contributed by atoms with van der Waals surface area (Å²) in [6.07, 6.45) is 2.62. The first-order valence-corrected chi connectivity index (χ1v) is 7.13. The Bertz CT molecular complexity index is 534. The topological polar surface area (TPSA) is 61.0 Å². The Morgan fingerprint density at radius 2 is 2.16 bits per heavy atom. The summed E-state index contributed by atoms with van der Waals surface area (Å²) in [4.78, 5) is 10.1. The van der Waals surface area contributed by atoms with E-state index in [1.807, 2.05) is 18.3 Å². The SMILES string of the molecule is COc1ccc(Cc2nc(C(C)C)c(CN)s2)cn1. The van der Waals surface area contributed by atoms with Gasteiger partial charge in [0.2, 0.25) is 5.88 Å². The fourth-order valence-electron chi connectivity index (χ4n) is 1.90. The molecule has 0 amide bonds. The summed E-state index contributed by atoms with van der Waals surface area (Å²) in [5.41, 5.74) is 8.04. The van der Waals surface area contributed by atoms with E-state index in [0.29, 0.717) is 18.3 Å². The molecule has 0 unspecified atom stereocenters. The zero-order chi connectivity index (χ0) is 13.8. The van der Waals surface area contributed by atoms with Gasteiger partial charge in [-0.25, -0.2) is 9.97 Å². The van der Waals surface area contributed by atoms with E-state index in [0.717, 1.165) is 22.7 Å². The maximum Gasteiger partial charge on any atom is 0.212 e. The van der Waals surface area contributed by atoms with E-state index in [9.17, 15) is 0 Å². The minimum atomic E-state index is 0.414. The Labute approximate surface area is 117 Å². The van der Waals surface area contributed by atoms with Crippen LogP contribution in [-0.2, 0) is 13.0 Å². The fraction of sp³-hybridized carbons (Fsp3) is 0.429. The molecule has 0 aliphatic carbocycles. The summed E-state index contributed by atoms with van der Waals surface area (Å²) in [6, 6.07) is 3.89. The van der Waals surface area contributed by atoms with Crippen molar-refractivity contribution in [2.75, 3.05) is 7.11 Å². The van der Waals surface area contributed by atoms with Crippen LogP contribution in [0.15, 0.2) is 18.3 Å². The molecule has 2 aromatic rings. The highest BCUT2D eigenvalue weighted by Gasteiger charge is 2.13. The van der Waals surface area contributed by atoms with E-state index in [1.54, 1.807) is 18.4 Å². The third kappa shape index (κ3) is 3.30. The molecular weight excluding hydrogens is 258 g/mol. The number of rotatable bonds is 5. The molecule has 0 aromatic carbocycles. The number of pyridine rings is 1. The number of methoxy groups -OCH3 is 1. The molecule has 0 saturated carbocycles. The van der Waals surface area contributed by atoms with Gasteiger partial charge in [-0.2, -0.15) is 0 Å². The summed E-state index contributed by atoms with van der Waals surface area (Å²) in [5, 5.41) is 1.09. The first kappa shape index (κ1) is 14.0. The number of aromatic nitrogens is 2. The number of nitrogens with two attached hydrogens (primary N) is 1. The van der Waals surface area contributed by atoms with Gasteiger partial charge in [-0.05, 0) is 11.5 Å². The standard InChI is InChI=1S/C14H19N3OS/c1-9(2)14-11(7-15)19-13(17-14)6-10-4-5-12(18-3)16-8-10/h4-5,8-9H,6-7,15H2,1-3H3. The molecule has 0 atom stereocenters.